The molecule has 88 valence electrons. The number of aromatic nitrogens is 2. The minimum atomic E-state index is -0.824. The lowest BCUT2D eigenvalue weighted by molar-refractivity contribution is 0.0948. The van der Waals surface area contributed by atoms with Gasteiger partial charge in [-0.2, -0.15) is 0 Å². The van der Waals surface area contributed by atoms with Crippen LogP contribution >= 0.6 is 0 Å². The van der Waals surface area contributed by atoms with E-state index in [-0.39, 0.29) is 17.4 Å². The van der Waals surface area contributed by atoms with Crippen LogP contribution in [-0.4, -0.2) is 38.9 Å². The summed E-state index contributed by atoms with van der Waals surface area (Å²) in [4.78, 5) is 11.5. The van der Waals surface area contributed by atoms with Gasteiger partial charge in [-0.15, -0.1) is 10.2 Å². The molecule has 0 spiro atoms. The molecule has 1 aromatic heterocycles. The van der Waals surface area contributed by atoms with Gasteiger partial charge in [-0.3, -0.25) is 9.00 Å². The second-order valence-corrected chi connectivity index (χ2v) is 4.78. The van der Waals surface area contributed by atoms with E-state index in [1.165, 1.54) is 12.1 Å². The van der Waals surface area contributed by atoms with Crippen LogP contribution in [0.5, 0.6) is 0 Å². The van der Waals surface area contributed by atoms with Crippen LogP contribution in [0.2, 0.25) is 0 Å². The van der Waals surface area contributed by atoms with Crippen LogP contribution in [0.4, 0.5) is 5.82 Å². The number of hydrogen-bond donors (Lipinski definition) is 2. The third-order valence-electron chi connectivity index (χ3n) is 1.81. The van der Waals surface area contributed by atoms with Gasteiger partial charge >= 0.3 is 0 Å². The van der Waals surface area contributed by atoms with Gasteiger partial charge in [0.2, 0.25) is 0 Å². The third kappa shape index (κ3) is 4.35. The summed E-state index contributed by atoms with van der Waals surface area (Å²) in [5.41, 5.74) is 5.57. The maximum Gasteiger partial charge on any atom is 0.271 e. The van der Waals surface area contributed by atoms with Gasteiger partial charge in [-0.25, -0.2) is 0 Å². The van der Waals surface area contributed by atoms with E-state index in [0.29, 0.717) is 18.7 Å². The van der Waals surface area contributed by atoms with Crippen molar-refractivity contribution in [2.24, 2.45) is 0 Å². The Bertz CT molecular complexity index is 380. The highest BCUT2D eigenvalue weighted by molar-refractivity contribution is 7.84. The van der Waals surface area contributed by atoms with E-state index < -0.39 is 10.8 Å². The first kappa shape index (κ1) is 12.6. The molecule has 1 aromatic rings. The minimum absolute atomic E-state index is 0.229. The topological polar surface area (TPSA) is 98.0 Å². The number of rotatable bonds is 5. The second kappa shape index (κ2) is 6.16. The monoisotopic (exact) mass is 242 g/mol. The number of nitrogens with one attached hydrogen (secondary N) is 1. The molecule has 1 unspecified atom stereocenters. The molecule has 1 heterocycles. The van der Waals surface area contributed by atoms with Crippen molar-refractivity contribution < 1.29 is 9.00 Å². The molecule has 0 bridgehead atoms. The SMILES string of the molecule is CS(=O)CCCNC(=O)c1ccc(N)nn1. The smallest absolute Gasteiger partial charge is 0.271 e. The number of carbonyl (C=O) groups is 1. The van der Waals surface area contributed by atoms with E-state index in [4.69, 9.17) is 5.73 Å². The number of anilines is 1. The fourth-order valence-corrected chi connectivity index (χ4v) is 1.58. The molecule has 1 atom stereocenters. The quantitative estimate of drug-likeness (QED) is 0.682. The molecular weight excluding hydrogens is 228 g/mol. The summed E-state index contributed by atoms with van der Waals surface area (Å²) in [5, 5.41) is 9.88. The predicted octanol–water partition coefficient (Wildman–Crippen LogP) is -0.443. The van der Waals surface area contributed by atoms with Gasteiger partial charge in [0.25, 0.3) is 5.91 Å². The summed E-state index contributed by atoms with van der Waals surface area (Å²) in [6.07, 6.45) is 2.31. The molecular formula is C9H14N4O2S. The molecule has 0 aliphatic carbocycles. The average Bonchev–Trinajstić information content (AvgIpc) is 2.25. The highest BCUT2D eigenvalue weighted by atomic mass is 32.2. The van der Waals surface area contributed by atoms with Crippen LogP contribution in [0.1, 0.15) is 16.9 Å². The molecule has 6 nitrogen and oxygen atoms in total. The van der Waals surface area contributed by atoms with Gasteiger partial charge < -0.3 is 11.1 Å². The Morgan fingerprint density at radius 2 is 2.25 bits per heavy atom. The minimum Gasteiger partial charge on any atom is -0.382 e. The van der Waals surface area contributed by atoms with E-state index in [1.54, 1.807) is 6.26 Å². The lowest BCUT2D eigenvalue weighted by Gasteiger charge is -2.03. The highest BCUT2D eigenvalue weighted by Gasteiger charge is 2.06. The van der Waals surface area contributed by atoms with Crippen molar-refractivity contribution in [1.82, 2.24) is 15.5 Å². The highest BCUT2D eigenvalue weighted by Crippen LogP contribution is 1.96. The molecule has 0 saturated heterocycles. The fourth-order valence-electron chi connectivity index (χ4n) is 1.03. The average molecular weight is 242 g/mol. The summed E-state index contributed by atoms with van der Waals surface area (Å²) in [6.45, 7) is 0.477. The van der Waals surface area contributed by atoms with Crippen molar-refractivity contribution in [2.45, 2.75) is 6.42 Å². The molecule has 0 fully saturated rings. The Balaban J connectivity index is 2.35. The molecule has 3 N–H and O–H groups in total. The molecule has 1 rings (SSSR count). The Hall–Kier alpha value is -1.50. The number of nitrogens with zero attached hydrogens (tertiary/aromatic N) is 2. The van der Waals surface area contributed by atoms with Crippen LogP contribution in [0.3, 0.4) is 0 Å². The van der Waals surface area contributed by atoms with Gasteiger partial charge in [-0.05, 0) is 18.6 Å². The number of amides is 1. The van der Waals surface area contributed by atoms with Crippen LogP contribution in [0, 0.1) is 0 Å². The number of hydrogen-bond acceptors (Lipinski definition) is 5. The maximum atomic E-state index is 11.5. The summed E-state index contributed by atoms with van der Waals surface area (Å²) in [5.74, 6) is 0.556. The second-order valence-electron chi connectivity index (χ2n) is 3.23. The van der Waals surface area contributed by atoms with E-state index in [0.717, 1.165) is 0 Å². The van der Waals surface area contributed by atoms with Crippen molar-refractivity contribution in [3.8, 4) is 0 Å². The first-order valence-electron chi connectivity index (χ1n) is 4.77. The molecule has 0 aliphatic rings. The molecule has 0 saturated carbocycles. The third-order valence-corrected chi connectivity index (χ3v) is 2.68. The predicted molar refractivity (Wildman–Crippen MR) is 62.3 cm³/mol. The Kier molecular flexibility index (Phi) is 4.84. The normalized spacial score (nSPS) is 12.1. The largest absolute Gasteiger partial charge is 0.382 e. The fraction of sp³-hybridized carbons (Fsp3) is 0.444. The van der Waals surface area contributed by atoms with E-state index in [9.17, 15) is 9.00 Å². The van der Waals surface area contributed by atoms with E-state index in [2.05, 4.69) is 15.5 Å². The van der Waals surface area contributed by atoms with Crippen molar-refractivity contribution in [1.29, 1.82) is 0 Å². The Labute approximate surface area is 96.1 Å². The van der Waals surface area contributed by atoms with E-state index in [1.807, 2.05) is 0 Å². The van der Waals surface area contributed by atoms with Crippen LogP contribution in [0.25, 0.3) is 0 Å². The van der Waals surface area contributed by atoms with Crippen molar-refractivity contribution in [3.05, 3.63) is 17.8 Å². The van der Waals surface area contributed by atoms with Gasteiger partial charge in [0.05, 0.1) is 0 Å². The molecule has 0 aliphatic heterocycles. The van der Waals surface area contributed by atoms with Crippen molar-refractivity contribution in [3.63, 3.8) is 0 Å². The lowest BCUT2D eigenvalue weighted by Crippen LogP contribution is -2.26. The van der Waals surface area contributed by atoms with Gasteiger partial charge in [0.15, 0.2) is 5.69 Å². The zero-order chi connectivity index (χ0) is 12.0. The van der Waals surface area contributed by atoms with Crippen LogP contribution in [-0.2, 0) is 10.8 Å². The Morgan fingerprint density at radius 3 is 2.81 bits per heavy atom. The first-order chi connectivity index (χ1) is 7.59. The standard InChI is InChI=1S/C9H14N4O2S/c1-16(15)6-2-5-11-9(14)7-3-4-8(10)13-12-7/h3-4H,2,5-6H2,1H3,(H2,10,13)(H,11,14). The summed E-state index contributed by atoms with van der Waals surface area (Å²) in [6, 6.07) is 3.03. The van der Waals surface area contributed by atoms with E-state index >= 15 is 0 Å². The van der Waals surface area contributed by atoms with Gasteiger partial charge in [0, 0.05) is 29.4 Å². The first-order valence-corrected chi connectivity index (χ1v) is 6.50. The van der Waals surface area contributed by atoms with Gasteiger partial charge in [0.1, 0.15) is 5.82 Å². The zero-order valence-electron chi connectivity index (χ0n) is 8.97. The molecule has 16 heavy (non-hydrogen) atoms. The Morgan fingerprint density at radius 1 is 1.50 bits per heavy atom. The lowest BCUT2D eigenvalue weighted by atomic mass is 10.3. The summed E-state index contributed by atoms with van der Waals surface area (Å²) in [7, 11) is -0.824. The van der Waals surface area contributed by atoms with Crippen molar-refractivity contribution >= 4 is 22.5 Å². The molecule has 7 heteroatoms. The number of carbonyl (C=O) groups excluding carboxylic acids is 1. The molecule has 1 amide bonds. The summed E-state index contributed by atoms with van der Waals surface area (Å²) < 4.78 is 10.8. The van der Waals surface area contributed by atoms with Gasteiger partial charge in [-0.1, -0.05) is 0 Å². The van der Waals surface area contributed by atoms with Crippen LogP contribution in [0.15, 0.2) is 12.1 Å². The number of nitrogen functional groups attached to an aromatic ring is 1. The van der Waals surface area contributed by atoms with Crippen molar-refractivity contribution in [2.75, 3.05) is 24.3 Å². The maximum absolute atomic E-state index is 11.5. The molecule has 0 radical (unpaired) electrons. The number of nitrogens with two attached hydrogens (primary N) is 1. The van der Waals surface area contributed by atoms with Crippen LogP contribution < -0.4 is 11.1 Å². The molecule has 0 aromatic carbocycles. The zero-order valence-corrected chi connectivity index (χ0v) is 9.79. The summed E-state index contributed by atoms with van der Waals surface area (Å²) >= 11 is 0.